The van der Waals surface area contributed by atoms with Crippen molar-refractivity contribution >= 4 is 5.69 Å². The maximum absolute atomic E-state index is 10.1. The monoisotopic (exact) mass is 191 g/mol. The molecule has 2 heteroatoms. The lowest BCUT2D eigenvalue weighted by molar-refractivity contribution is 0.119. The highest BCUT2D eigenvalue weighted by molar-refractivity contribution is 5.62. The number of aliphatic hydroxyl groups is 1. The molecule has 0 saturated heterocycles. The van der Waals surface area contributed by atoms with Crippen LogP contribution in [0.2, 0.25) is 0 Å². The Morgan fingerprint density at radius 2 is 1.93 bits per heavy atom. The third-order valence-corrected chi connectivity index (χ3v) is 3.11. The van der Waals surface area contributed by atoms with Crippen LogP contribution in [0.15, 0.2) is 12.1 Å². The minimum absolute atomic E-state index is 0.294. The van der Waals surface area contributed by atoms with Crippen molar-refractivity contribution in [3.63, 3.8) is 0 Å². The lowest BCUT2D eigenvalue weighted by atomic mass is 9.87. The van der Waals surface area contributed by atoms with Gasteiger partial charge in [-0.15, -0.1) is 0 Å². The summed E-state index contributed by atoms with van der Waals surface area (Å²) in [5.74, 6) is 0.294. The van der Waals surface area contributed by atoms with E-state index >= 15 is 0 Å². The Kier molecular flexibility index (Phi) is 2.23. The third kappa shape index (κ3) is 1.30. The zero-order chi connectivity index (χ0) is 10.3. The van der Waals surface area contributed by atoms with Crippen molar-refractivity contribution in [2.45, 2.75) is 26.9 Å². The fraction of sp³-hybridized carbons (Fsp3) is 0.500. The van der Waals surface area contributed by atoms with Crippen molar-refractivity contribution < 1.29 is 5.11 Å². The Balaban J connectivity index is 2.58. The van der Waals surface area contributed by atoms with Crippen LogP contribution in [0.4, 0.5) is 5.69 Å². The lowest BCUT2D eigenvalue weighted by Gasteiger charge is -2.31. The van der Waals surface area contributed by atoms with Crippen LogP contribution in [0.1, 0.15) is 29.7 Å². The quantitative estimate of drug-likeness (QED) is 0.660. The standard InChI is InChI=1S/C12H17NO/c1-7-4-5-8(2)11-10(7)12(14)9(3)6-13-11/h4-5,9,12-14H,6H2,1-3H3. The van der Waals surface area contributed by atoms with Crippen molar-refractivity contribution in [2.75, 3.05) is 11.9 Å². The highest BCUT2D eigenvalue weighted by Crippen LogP contribution is 2.37. The first-order valence-corrected chi connectivity index (χ1v) is 5.13. The summed E-state index contributed by atoms with van der Waals surface area (Å²) in [5.41, 5.74) is 4.62. The molecule has 2 atom stereocenters. The first-order valence-electron chi connectivity index (χ1n) is 5.13. The number of aryl methyl sites for hydroxylation is 2. The van der Waals surface area contributed by atoms with Crippen LogP contribution in [0.5, 0.6) is 0 Å². The van der Waals surface area contributed by atoms with Gasteiger partial charge in [0, 0.05) is 23.7 Å². The number of aliphatic hydroxyl groups excluding tert-OH is 1. The molecule has 0 aromatic heterocycles. The third-order valence-electron chi connectivity index (χ3n) is 3.11. The second-order valence-electron chi connectivity index (χ2n) is 4.29. The van der Waals surface area contributed by atoms with E-state index in [-0.39, 0.29) is 6.10 Å². The van der Waals surface area contributed by atoms with Crippen molar-refractivity contribution in [1.82, 2.24) is 0 Å². The molecule has 14 heavy (non-hydrogen) atoms. The molecule has 0 aliphatic carbocycles. The fourth-order valence-corrected chi connectivity index (χ4v) is 2.11. The number of fused-ring (bicyclic) bond motifs is 1. The number of anilines is 1. The van der Waals surface area contributed by atoms with Crippen LogP contribution < -0.4 is 5.32 Å². The number of hydrogen-bond donors (Lipinski definition) is 2. The van der Waals surface area contributed by atoms with Crippen LogP contribution >= 0.6 is 0 Å². The summed E-state index contributed by atoms with van der Waals surface area (Å²) in [6.07, 6.45) is -0.314. The SMILES string of the molecule is Cc1ccc(C)c2c1NCC(C)C2O. The van der Waals surface area contributed by atoms with Gasteiger partial charge < -0.3 is 10.4 Å². The zero-order valence-electron chi connectivity index (χ0n) is 8.96. The highest BCUT2D eigenvalue weighted by atomic mass is 16.3. The van der Waals surface area contributed by atoms with E-state index in [1.807, 2.05) is 0 Å². The van der Waals surface area contributed by atoms with Crippen LogP contribution in [-0.4, -0.2) is 11.7 Å². The fourth-order valence-electron chi connectivity index (χ4n) is 2.11. The largest absolute Gasteiger partial charge is 0.388 e. The van der Waals surface area contributed by atoms with E-state index in [0.717, 1.165) is 17.8 Å². The molecule has 0 radical (unpaired) electrons. The molecule has 0 fully saturated rings. The number of hydrogen-bond acceptors (Lipinski definition) is 2. The van der Waals surface area contributed by atoms with E-state index in [1.165, 1.54) is 11.1 Å². The first-order chi connectivity index (χ1) is 6.61. The van der Waals surface area contributed by atoms with Crippen LogP contribution in [-0.2, 0) is 0 Å². The van der Waals surface area contributed by atoms with Gasteiger partial charge in [0.05, 0.1) is 6.10 Å². The molecule has 1 aliphatic rings. The summed E-state index contributed by atoms with van der Waals surface area (Å²) < 4.78 is 0. The number of benzene rings is 1. The number of rotatable bonds is 0. The molecule has 2 nitrogen and oxygen atoms in total. The molecule has 2 rings (SSSR count). The maximum Gasteiger partial charge on any atom is 0.0854 e. The average molecular weight is 191 g/mol. The Hall–Kier alpha value is -1.02. The molecule has 2 N–H and O–H groups in total. The molecule has 1 aromatic rings. The van der Waals surface area contributed by atoms with Gasteiger partial charge in [-0.2, -0.15) is 0 Å². The summed E-state index contributed by atoms with van der Waals surface area (Å²) in [6, 6.07) is 4.18. The van der Waals surface area contributed by atoms with E-state index in [0.29, 0.717) is 5.92 Å². The summed E-state index contributed by atoms with van der Waals surface area (Å²) in [5, 5.41) is 13.5. The Morgan fingerprint density at radius 1 is 1.29 bits per heavy atom. The van der Waals surface area contributed by atoms with Crippen LogP contribution in [0, 0.1) is 19.8 Å². The van der Waals surface area contributed by atoms with Gasteiger partial charge in [-0.3, -0.25) is 0 Å². The predicted octanol–water partition coefficient (Wildman–Crippen LogP) is 2.40. The van der Waals surface area contributed by atoms with Crippen LogP contribution in [0.3, 0.4) is 0 Å². The van der Waals surface area contributed by atoms with E-state index in [9.17, 15) is 5.11 Å². The lowest BCUT2D eigenvalue weighted by Crippen LogP contribution is -2.26. The summed E-state index contributed by atoms with van der Waals surface area (Å²) in [7, 11) is 0. The molecular weight excluding hydrogens is 174 g/mol. The van der Waals surface area contributed by atoms with Gasteiger partial charge in [-0.1, -0.05) is 19.1 Å². The van der Waals surface area contributed by atoms with Gasteiger partial charge in [-0.25, -0.2) is 0 Å². The second kappa shape index (κ2) is 3.28. The molecule has 1 aromatic carbocycles. The van der Waals surface area contributed by atoms with Crippen molar-refractivity contribution in [3.8, 4) is 0 Å². The Labute approximate surface area is 85.0 Å². The van der Waals surface area contributed by atoms with E-state index in [2.05, 4.69) is 38.2 Å². The molecular formula is C12H17NO. The molecule has 0 bridgehead atoms. The van der Waals surface area contributed by atoms with E-state index in [1.54, 1.807) is 0 Å². The summed E-state index contributed by atoms with van der Waals surface area (Å²) in [6.45, 7) is 7.07. The maximum atomic E-state index is 10.1. The van der Waals surface area contributed by atoms with E-state index < -0.39 is 0 Å². The van der Waals surface area contributed by atoms with Gasteiger partial charge >= 0.3 is 0 Å². The molecule has 0 spiro atoms. The smallest absolute Gasteiger partial charge is 0.0854 e. The highest BCUT2D eigenvalue weighted by Gasteiger charge is 2.26. The van der Waals surface area contributed by atoms with Gasteiger partial charge in [0.2, 0.25) is 0 Å². The molecule has 1 heterocycles. The van der Waals surface area contributed by atoms with Gasteiger partial charge in [0.1, 0.15) is 0 Å². The molecule has 1 aliphatic heterocycles. The van der Waals surface area contributed by atoms with Gasteiger partial charge in [-0.05, 0) is 25.0 Å². The van der Waals surface area contributed by atoms with E-state index in [4.69, 9.17) is 0 Å². The topological polar surface area (TPSA) is 32.3 Å². The summed E-state index contributed by atoms with van der Waals surface area (Å²) >= 11 is 0. The molecule has 2 unspecified atom stereocenters. The molecule has 0 amide bonds. The van der Waals surface area contributed by atoms with Gasteiger partial charge in [0.15, 0.2) is 0 Å². The molecule has 76 valence electrons. The normalized spacial score (nSPS) is 25.4. The zero-order valence-corrected chi connectivity index (χ0v) is 8.96. The Bertz CT molecular complexity index is 360. The molecule has 0 saturated carbocycles. The number of nitrogens with one attached hydrogen (secondary N) is 1. The van der Waals surface area contributed by atoms with Crippen LogP contribution in [0.25, 0.3) is 0 Å². The average Bonchev–Trinajstić information content (AvgIpc) is 2.16. The minimum atomic E-state index is -0.314. The first kappa shape index (κ1) is 9.53. The second-order valence-corrected chi connectivity index (χ2v) is 4.29. The summed E-state index contributed by atoms with van der Waals surface area (Å²) in [4.78, 5) is 0. The van der Waals surface area contributed by atoms with Gasteiger partial charge in [0.25, 0.3) is 0 Å². The predicted molar refractivity (Wildman–Crippen MR) is 58.5 cm³/mol. The van der Waals surface area contributed by atoms with Crippen molar-refractivity contribution in [3.05, 3.63) is 28.8 Å². The van der Waals surface area contributed by atoms with Crippen molar-refractivity contribution in [2.24, 2.45) is 5.92 Å². The van der Waals surface area contributed by atoms with Crippen molar-refractivity contribution in [1.29, 1.82) is 0 Å². The minimum Gasteiger partial charge on any atom is -0.388 e. The Morgan fingerprint density at radius 3 is 2.64 bits per heavy atom.